The van der Waals surface area contributed by atoms with Gasteiger partial charge in [0.1, 0.15) is 11.6 Å². The van der Waals surface area contributed by atoms with Crippen molar-refractivity contribution < 1.29 is 8.78 Å². The molecule has 2 aromatic carbocycles. The standard InChI is InChI=1S/C15H14F2N2/c16-11-6-10(7-12(17)8-11)9-19-5-4-13-14(18)2-1-3-15(13)19/h1-3,6-8H,4-5,9,18H2. The van der Waals surface area contributed by atoms with Gasteiger partial charge in [0.25, 0.3) is 0 Å². The van der Waals surface area contributed by atoms with Crippen LogP contribution in [0, 0.1) is 11.6 Å². The topological polar surface area (TPSA) is 29.3 Å². The first-order chi connectivity index (χ1) is 9.13. The van der Waals surface area contributed by atoms with Gasteiger partial charge in [0.15, 0.2) is 0 Å². The van der Waals surface area contributed by atoms with E-state index in [1.165, 1.54) is 12.1 Å². The van der Waals surface area contributed by atoms with Gasteiger partial charge in [-0.1, -0.05) is 6.07 Å². The maximum atomic E-state index is 13.2. The molecule has 4 heteroatoms. The second-order valence-corrected chi connectivity index (χ2v) is 4.79. The largest absolute Gasteiger partial charge is 0.398 e. The molecule has 0 spiro atoms. The van der Waals surface area contributed by atoms with E-state index in [4.69, 9.17) is 5.73 Å². The number of fused-ring (bicyclic) bond motifs is 1. The lowest BCUT2D eigenvalue weighted by Gasteiger charge is -2.19. The van der Waals surface area contributed by atoms with E-state index >= 15 is 0 Å². The number of rotatable bonds is 2. The minimum atomic E-state index is -0.540. The Morgan fingerprint density at radius 1 is 1.11 bits per heavy atom. The predicted octanol–water partition coefficient (Wildman–Crippen LogP) is 3.11. The Morgan fingerprint density at radius 2 is 1.84 bits per heavy atom. The molecule has 1 aliphatic heterocycles. The van der Waals surface area contributed by atoms with E-state index in [1.807, 2.05) is 18.2 Å². The summed E-state index contributed by atoms with van der Waals surface area (Å²) in [6, 6.07) is 9.40. The van der Waals surface area contributed by atoms with Crippen molar-refractivity contribution in [2.75, 3.05) is 17.2 Å². The van der Waals surface area contributed by atoms with Crippen LogP contribution in [-0.2, 0) is 13.0 Å². The fourth-order valence-electron chi connectivity index (χ4n) is 2.61. The molecule has 3 rings (SSSR count). The smallest absolute Gasteiger partial charge is 0.126 e. The number of nitrogen functional groups attached to an aromatic ring is 1. The summed E-state index contributed by atoms with van der Waals surface area (Å²) in [5.74, 6) is -1.08. The Bertz CT molecular complexity index is 605. The third-order valence-electron chi connectivity index (χ3n) is 3.46. The molecule has 0 amide bonds. The third kappa shape index (κ3) is 2.26. The summed E-state index contributed by atoms with van der Waals surface area (Å²) >= 11 is 0. The monoisotopic (exact) mass is 260 g/mol. The number of nitrogens with two attached hydrogens (primary N) is 1. The second kappa shape index (κ2) is 4.53. The Labute approximate surface area is 110 Å². The molecule has 0 radical (unpaired) electrons. The summed E-state index contributed by atoms with van der Waals surface area (Å²) in [5.41, 5.74) is 9.53. The number of benzene rings is 2. The molecule has 0 fully saturated rings. The molecule has 2 N–H and O–H groups in total. The van der Waals surface area contributed by atoms with E-state index in [1.54, 1.807) is 0 Å². The molecule has 0 saturated heterocycles. The molecule has 0 bridgehead atoms. The number of hydrogen-bond donors (Lipinski definition) is 1. The van der Waals surface area contributed by atoms with Crippen LogP contribution in [0.25, 0.3) is 0 Å². The highest BCUT2D eigenvalue weighted by Crippen LogP contribution is 2.33. The molecule has 0 aromatic heterocycles. The van der Waals surface area contributed by atoms with Crippen molar-refractivity contribution in [1.29, 1.82) is 0 Å². The molecule has 1 aliphatic rings. The number of nitrogens with zero attached hydrogens (tertiary/aromatic N) is 1. The van der Waals surface area contributed by atoms with Crippen LogP contribution in [0.4, 0.5) is 20.2 Å². The van der Waals surface area contributed by atoms with Crippen molar-refractivity contribution in [2.45, 2.75) is 13.0 Å². The van der Waals surface area contributed by atoms with Gasteiger partial charge >= 0.3 is 0 Å². The number of hydrogen-bond acceptors (Lipinski definition) is 2. The van der Waals surface area contributed by atoms with Gasteiger partial charge in [-0.3, -0.25) is 0 Å². The average molecular weight is 260 g/mol. The van der Waals surface area contributed by atoms with Crippen LogP contribution in [0.2, 0.25) is 0 Å². The first kappa shape index (κ1) is 12.0. The van der Waals surface area contributed by atoms with Gasteiger partial charge in [0, 0.05) is 36.1 Å². The van der Waals surface area contributed by atoms with E-state index in [9.17, 15) is 8.78 Å². The summed E-state index contributed by atoms with van der Waals surface area (Å²) in [4.78, 5) is 2.10. The lowest BCUT2D eigenvalue weighted by Crippen LogP contribution is -2.19. The van der Waals surface area contributed by atoms with E-state index in [2.05, 4.69) is 4.90 Å². The van der Waals surface area contributed by atoms with Crippen molar-refractivity contribution in [3.8, 4) is 0 Å². The van der Waals surface area contributed by atoms with Gasteiger partial charge in [0.2, 0.25) is 0 Å². The van der Waals surface area contributed by atoms with E-state index in [-0.39, 0.29) is 0 Å². The Hall–Kier alpha value is -2.10. The Kier molecular flexibility index (Phi) is 2.85. The Balaban J connectivity index is 1.89. The molecule has 2 aromatic rings. The summed E-state index contributed by atoms with van der Waals surface area (Å²) in [6.45, 7) is 1.31. The summed E-state index contributed by atoms with van der Waals surface area (Å²) in [7, 11) is 0. The van der Waals surface area contributed by atoms with Crippen LogP contribution in [-0.4, -0.2) is 6.54 Å². The minimum absolute atomic E-state index is 0.491. The molecule has 1 heterocycles. The van der Waals surface area contributed by atoms with Gasteiger partial charge in [-0.05, 0) is 36.2 Å². The summed E-state index contributed by atoms with van der Waals surface area (Å²) < 4.78 is 26.4. The van der Waals surface area contributed by atoms with E-state index in [0.29, 0.717) is 12.1 Å². The molecular weight excluding hydrogens is 246 g/mol. The van der Waals surface area contributed by atoms with Gasteiger partial charge in [-0.15, -0.1) is 0 Å². The maximum absolute atomic E-state index is 13.2. The fraction of sp³-hybridized carbons (Fsp3) is 0.200. The van der Waals surface area contributed by atoms with Crippen LogP contribution in [0.3, 0.4) is 0 Å². The second-order valence-electron chi connectivity index (χ2n) is 4.79. The molecule has 0 atom stereocenters. The highest BCUT2D eigenvalue weighted by Gasteiger charge is 2.20. The maximum Gasteiger partial charge on any atom is 0.126 e. The first-order valence-electron chi connectivity index (χ1n) is 6.21. The minimum Gasteiger partial charge on any atom is -0.398 e. The molecule has 19 heavy (non-hydrogen) atoms. The van der Waals surface area contributed by atoms with Crippen LogP contribution in [0.1, 0.15) is 11.1 Å². The van der Waals surface area contributed by atoms with Crippen LogP contribution in [0.15, 0.2) is 36.4 Å². The van der Waals surface area contributed by atoms with Gasteiger partial charge < -0.3 is 10.6 Å². The normalized spacial score (nSPS) is 13.7. The predicted molar refractivity (Wildman–Crippen MR) is 72.0 cm³/mol. The quantitative estimate of drug-likeness (QED) is 0.841. The van der Waals surface area contributed by atoms with Gasteiger partial charge in [-0.2, -0.15) is 0 Å². The zero-order valence-corrected chi connectivity index (χ0v) is 10.4. The van der Waals surface area contributed by atoms with Crippen molar-refractivity contribution in [3.05, 3.63) is 59.2 Å². The highest BCUT2D eigenvalue weighted by atomic mass is 19.1. The third-order valence-corrected chi connectivity index (χ3v) is 3.46. The van der Waals surface area contributed by atoms with Gasteiger partial charge in [0.05, 0.1) is 0 Å². The molecule has 0 aliphatic carbocycles. The zero-order valence-electron chi connectivity index (χ0n) is 10.4. The lowest BCUT2D eigenvalue weighted by molar-refractivity contribution is 0.579. The van der Waals surface area contributed by atoms with E-state index in [0.717, 1.165) is 36.0 Å². The first-order valence-corrected chi connectivity index (χ1v) is 6.21. The van der Waals surface area contributed by atoms with Crippen LogP contribution >= 0.6 is 0 Å². The molecule has 0 saturated carbocycles. The molecule has 2 nitrogen and oxygen atoms in total. The van der Waals surface area contributed by atoms with Crippen molar-refractivity contribution in [3.63, 3.8) is 0 Å². The van der Waals surface area contributed by atoms with Crippen LogP contribution < -0.4 is 10.6 Å². The highest BCUT2D eigenvalue weighted by molar-refractivity contribution is 5.68. The zero-order chi connectivity index (χ0) is 13.4. The van der Waals surface area contributed by atoms with Crippen molar-refractivity contribution in [2.24, 2.45) is 0 Å². The van der Waals surface area contributed by atoms with Crippen molar-refractivity contribution >= 4 is 11.4 Å². The average Bonchev–Trinajstić information content (AvgIpc) is 2.73. The summed E-state index contributed by atoms with van der Waals surface area (Å²) in [5, 5.41) is 0. The molecule has 0 unspecified atom stereocenters. The van der Waals surface area contributed by atoms with Gasteiger partial charge in [-0.25, -0.2) is 8.78 Å². The SMILES string of the molecule is Nc1cccc2c1CCN2Cc1cc(F)cc(F)c1. The Morgan fingerprint density at radius 3 is 2.58 bits per heavy atom. The molecular formula is C15H14F2N2. The fourth-order valence-corrected chi connectivity index (χ4v) is 2.61. The van der Waals surface area contributed by atoms with Crippen molar-refractivity contribution in [1.82, 2.24) is 0 Å². The van der Waals surface area contributed by atoms with Crippen LogP contribution in [0.5, 0.6) is 0 Å². The number of anilines is 2. The lowest BCUT2D eigenvalue weighted by atomic mass is 10.1. The number of halogens is 2. The summed E-state index contributed by atoms with van der Waals surface area (Å²) in [6.07, 6.45) is 0.875. The molecule has 98 valence electrons. The van der Waals surface area contributed by atoms with E-state index < -0.39 is 11.6 Å².